The first-order valence-corrected chi connectivity index (χ1v) is 10.8. The van der Waals surface area contributed by atoms with E-state index in [9.17, 15) is 5.11 Å². The van der Waals surface area contributed by atoms with Gasteiger partial charge in [-0.25, -0.2) is 0 Å². The predicted molar refractivity (Wildman–Crippen MR) is 116 cm³/mol. The van der Waals surface area contributed by atoms with E-state index in [1.165, 1.54) is 12.8 Å². The highest BCUT2D eigenvalue weighted by Crippen LogP contribution is 2.39. The third kappa shape index (κ3) is 5.02. The molecule has 0 aliphatic carbocycles. The lowest BCUT2D eigenvalue weighted by Gasteiger charge is -2.38. The van der Waals surface area contributed by atoms with Crippen LogP contribution in [0.2, 0.25) is 0 Å². The maximum Gasteiger partial charge on any atom is 0.185 e. The molecule has 2 saturated heterocycles. The molecule has 0 spiro atoms. The van der Waals surface area contributed by atoms with Crippen LogP contribution >= 0.6 is 0 Å². The molecule has 2 fully saturated rings. The van der Waals surface area contributed by atoms with Gasteiger partial charge in [-0.15, -0.1) is 0 Å². The third-order valence-corrected chi connectivity index (χ3v) is 6.09. The highest BCUT2D eigenvalue weighted by molar-refractivity contribution is 5.41. The second-order valence-electron chi connectivity index (χ2n) is 8.27. The predicted octanol–water partition coefficient (Wildman–Crippen LogP) is 3.42. The molecule has 162 valence electrons. The maximum atomic E-state index is 9.35. The second kappa shape index (κ2) is 9.90. The lowest BCUT2D eigenvalue weighted by molar-refractivity contribution is -0.253. The van der Waals surface area contributed by atoms with E-state index in [0.717, 1.165) is 42.8 Å². The van der Waals surface area contributed by atoms with E-state index in [4.69, 9.17) is 19.9 Å². The van der Waals surface area contributed by atoms with Gasteiger partial charge in [0.25, 0.3) is 0 Å². The smallest absolute Gasteiger partial charge is 0.185 e. The monoisotopic (exact) mass is 412 g/mol. The Morgan fingerprint density at radius 1 is 1.13 bits per heavy atom. The van der Waals surface area contributed by atoms with E-state index < -0.39 is 6.29 Å². The molecule has 4 atom stereocenters. The number of hydrogen-bond acceptors (Lipinski definition) is 6. The summed E-state index contributed by atoms with van der Waals surface area (Å²) in [5.74, 6) is 0. The van der Waals surface area contributed by atoms with Crippen molar-refractivity contribution >= 4 is 5.69 Å². The number of anilines is 1. The second-order valence-corrected chi connectivity index (χ2v) is 8.27. The van der Waals surface area contributed by atoms with E-state index in [1.54, 1.807) is 7.11 Å². The summed E-state index contributed by atoms with van der Waals surface area (Å²) in [7, 11) is 1.77. The largest absolute Gasteiger partial charge is 0.399 e. The molecule has 30 heavy (non-hydrogen) atoms. The van der Waals surface area contributed by atoms with Crippen LogP contribution in [0.1, 0.15) is 48.3 Å². The van der Waals surface area contributed by atoms with Gasteiger partial charge in [-0.3, -0.25) is 4.90 Å². The molecule has 2 aromatic rings. The molecule has 2 aromatic carbocycles. The number of nitrogens with zero attached hydrogens (tertiary/aromatic N) is 1. The number of nitrogen functional groups attached to an aromatic ring is 1. The summed E-state index contributed by atoms with van der Waals surface area (Å²) in [6.45, 7) is 2.74. The van der Waals surface area contributed by atoms with Crippen LogP contribution in [0.4, 0.5) is 5.69 Å². The van der Waals surface area contributed by atoms with Gasteiger partial charge in [0.05, 0.1) is 25.4 Å². The van der Waals surface area contributed by atoms with Crippen LogP contribution in [-0.2, 0) is 20.8 Å². The summed E-state index contributed by atoms with van der Waals surface area (Å²) >= 11 is 0. The molecular formula is C24H32N2O4. The number of benzene rings is 2. The van der Waals surface area contributed by atoms with E-state index >= 15 is 0 Å². The first kappa shape index (κ1) is 21.3. The number of rotatable bonds is 7. The number of nitrogens with two attached hydrogens (primary N) is 1. The number of ether oxygens (including phenoxy) is 3. The van der Waals surface area contributed by atoms with Crippen LogP contribution in [0, 0.1) is 0 Å². The standard InChI is InChI=1S/C24H32N2O4/c1-28-16-21-6-3-11-26(21)14-22-13-23(18-9-7-17(15-27)8-10-18)30-24(29-22)19-4-2-5-20(25)12-19/h2,4-5,7-10,12,21-24,27H,3,6,11,13-16,25H2,1H3/t21-,22-,23+,24+/m0/s1. The number of likely N-dealkylation sites (tertiary alicyclic amines) is 1. The average Bonchev–Trinajstić information content (AvgIpc) is 3.20. The summed E-state index contributed by atoms with van der Waals surface area (Å²) in [5.41, 5.74) is 9.64. The van der Waals surface area contributed by atoms with E-state index in [1.807, 2.05) is 48.5 Å². The van der Waals surface area contributed by atoms with Crippen molar-refractivity contribution in [3.8, 4) is 0 Å². The highest BCUT2D eigenvalue weighted by atomic mass is 16.7. The molecule has 2 aliphatic rings. The first-order chi connectivity index (χ1) is 14.7. The van der Waals surface area contributed by atoms with Crippen LogP contribution in [0.5, 0.6) is 0 Å². The molecule has 0 radical (unpaired) electrons. The Bertz CT molecular complexity index is 813. The minimum atomic E-state index is -0.460. The fourth-order valence-electron chi connectivity index (χ4n) is 4.52. The molecule has 3 N–H and O–H groups in total. The van der Waals surface area contributed by atoms with Crippen LogP contribution in [0.15, 0.2) is 48.5 Å². The van der Waals surface area contributed by atoms with Crippen LogP contribution in [0.3, 0.4) is 0 Å². The van der Waals surface area contributed by atoms with E-state index in [-0.39, 0.29) is 18.8 Å². The lowest BCUT2D eigenvalue weighted by atomic mass is 9.99. The Morgan fingerprint density at radius 3 is 2.70 bits per heavy atom. The van der Waals surface area contributed by atoms with Crippen LogP contribution < -0.4 is 5.73 Å². The number of hydrogen-bond donors (Lipinski definition) is 2. The average molecular weight is 413 g/mol. The molecule has 0 unspecified atom stereocenters. The first-order valence-electron chi connectivity index (χ1n) is 10.8. The van der Waals surface area contributed by atoms with Gasteiger partial charge < -0.3 is 25.1 Å². The van der Waals surface area contributed by atoms with Crippen molar-refractivity contribution in [3.63, 3.8) is 0 Å². The third-order valence-electron chi connectivity index (χ3n) is 6.09. The van der Waals surface area contributed by atoms with E-state index in [0.29, 0.717) is 11.7 Å². The van der Waals surface area contributed by atoms with Gasteiger partial charge in [0.1, 0.15) is 0 Å². The van der Waals surface area contributed by atoms with Gasteiger partial charge >= 0.3 is 0 Å². The maximum absolute atomic E-state index is 9.35. The minimum Gasteiger partial charge on any atom is -0.399 e. The fraction of sp³-hybridized carbons (Fsp3) is 0.500. The summed E-state index contributed by atoms with van der Waals surface area (Å²) in [5, 5.41) is 9.35. The molecule has 0 aromatic heterocycles. The van der Waals surface area contributed by atoms with Crippen molar-refractivity contribution < 1.29 is 19.3 Å². The summed E-state index contributed by atoms with van der Waals surface area (Å²) < 4.78 is 18.2. The van der Waals surface area contributed by atoms with Crippen LogP contribution in [-0.4, -0.2) is 49.0 Å². The minimum absolute atomic E-state index is 0.0410. The molecular weight excluding hydrogens is 380 g/mol. The van der Waals surface area contributed by atoms with Gasteiger partial charge in [0.2, 0.25) is 0 Å². The zero-order chi connectivity index (χ0) is 20.9. The van der Waals surface area contributed by atoms with E-state index in [2.05, 4.69) is 4.90 Å². The van der Waals surface area contributed by atoms with Crippen molar-refractivity contribution in [1.29, 1.82) is 0 Å². The number of methoxy groups -OCH3 is 1. The van der Waals surface area contributed by atoms with Crippen molar-refractivity contribution in [1.82, 2.24) is 4.90 Å². The zero-order valence-corrected chi connectivity index (χ0v) is 17.6. The van der Waals surface area contributed by atoms with Crippen molar-refractivity contribution in [2.75, 3.05) is 32.5 Å². The summed E-state index contributed by atoms with van der Waals surface area (Å²) in [6.07, 6.45) is 2.66. The SMILES string of the molecule is COC[C@@H]1CCCN1C[C@@H]1C[C@H](c2ccc(CO)cc2)O[C@H](c2cccc(N)c2)O1. The Kier molecular flexibility index (Phi) is 7.02. The Morgan fingerprint density at radius 2 is 1.97 bits per heavy atom. The van der Waals surface area contributed by atoms with Crippen molar-refractivity contribution in [2.45, 2.75) is 50.4 Å². The fourth-order valence-corrected chi connectivity index (χ4v) is 4.52. The molecule has 0 saturated carbocycles. The number of aliphatic hydroxyl groups excluding tert-OH is 1. The molecule has 2 heterocycles. The summed E-state index contributed by atoms with van der Waals surface area (Å²) in [4.78, 5) is 2.49. The topological polar surface area (TPSA) is 77.2 Å². The van der Waals surface area contributed by atoms with Gasteiger partial charge in [-0.1, -0.05) is 36.4 Å². The molecule has 2 aliphatic heterocycles. The zero-order valence-electron chi connectivity index (χ0n) is 17.6. The van der Waals surface area contributed by atoms with Crippen molar-refractivity contribution in [2.24, 2.45) is 0 Å². The molecule has 4 rings (SSSR count). The van der Waals surface area contributed by atoms with Gasteiger partial charge in [0.15, 0.2) is 6.29 Å². The Hall–Kier alpha value is -1.96. The van der Waals surface area contributed by atoms with Gasteiger partial charge in [0, 0.05) is 37.4 Å². The molecule has 6 heteroatoms. The Balaban J connectivity index is 1.54. The van der Waals surface area contributed by atoms with Gasteiger partial charge in [-0.2, -0.15) is 0 Å². The lowest BCUT2D eigenvalue weighted by Crippen LogP contribution is -2.42. The molecule has 0 bridgehead atoms. The van der Waals surface area contributed by atoms with Crippen LogP contribution in [0.25, 0.3) is 0 Å². The van der Waals surface area contributed by atoms with Gasteiger partial charge in [-0.05, 0) is 42.6 Å². The Labute approximate surface area is 178 Å². The molecule has 6 nitrogen and oxygen atoms in total. The highest BCUT2D eigenvalue weighted by Gasteiger charge is 2.35. The quantitative estimate of drug-likeness (QED) is 0.679. The number of aliphatic hydroxyl groups is 1. The normalized spacial score (nSPS) is 27.4. The summed E-state index contributed by atoms with van der Waals surface area (Å²) in [6, 6.07) is 16.2. The van der Waals surface area contributed by atoms with Crippen molar-refractivity contribution in [3.05, 3.63) is 65.2 Å². The molecule has 0 amide bonds.